The number of hydrogen-bond donors (Lipinski definition) is 2. The standard InChI is InChI=1S/C8H9N5O2/c1-14-6-3-2-5(4-10-6)11-8-13-12-7(9)15-8/h2-4H,1H3,(H2,9,12)(H,11,13). The molecule has 0 aromatic carbocycles. The zero-order valence-corrected chi connectivity index (χ0v) is 7.97. The summed E-state index contributed by atoms with van der Waals surface area (Å²) in [5, 5.41) is 9.98. The Labute approximate surface area is 85.3 Å². The predicted molar refractivity (Wildman–Crippen MR) is 52.8 cm³/mol. The van der Waals surface area contributed by atoms with Crippen LogP contribution in [0.3, 0.4) is 0 Å². The molecule has 0 fully saturated rings. The van der Waals surface area contributed by atoms with Crippen LogP contribution in [0.4, 0.5) is 17.7 Å². The Morgan fingerprint density at radius 2 is 2.27 bits per heavy atom. The molecule has 0 saturated heterocycles. The Hall–Kier alpha value is -2.31. The van der Waals surface area contributed by atoms with Gasteiger partial charge in [-0.25, -0.2) is 4.98 Å². The lowest BCUT2D eigenvalue weighted by Gasteiger charge is -2.01. The smallest absolute Gasteiger partial charge is 0.321 e. The van der Waals surface area contributed by atoms with Gasteiger partial charge in [-0.3, -0.25) is 0 Å². The summed E-state index contributed by atoms with van der Waals surface area (Å²) in [7, 11) is 1.55. The summed E-state index contributed by atoms with van der Waals surface area (Å²) in [6.07, 6.45) is 1.58. The van der Waals surface area contributed by atoms with E-state index < -0.39 is 0 Å². The number of nitrogens with two attached hydrogens (primary N) is 1. The zero-order valence-electron chi connectivity index (χ0n) is 7.97. The van der Waals surface area contributed by atoms with Gasteiger partial charge in [0, 0.05) is 6.07 Å². The molecule has 0 atom stereocenters. The van der Waals surface area contributed by atoms with Crippen molar-refractivity contribution in [1.29, 1.82) is 0 Å². The van der Waals surface area contributed by atoms with Gasteiger partial charge in [0.25, 0.3) is 0 Å². The first-order chi connectivity index (χ1) is 7.28. The fourth-order valence-corrected chi connectivity index (χ4v) is 0.984. The van der Waals surface area contributed by atoms with E-state index in [-0.39, 0.29) is 12.0 Å². The molecule has 0 saturated carbocycles. The van der Waals surface area contributed by atoms with E-state index in [1.807, 2.05) is 0 Å². The Bertz CT molecular complexity index is 439. The highest BCUT2D eigenvalue weighted by Gasteiger charge is 2.02. The average molecular weight is 207 g/mol. The van der Waals surface area contributed by atoms with Gasteiger partial charge in [0.1, 0.15) is 0 Å². The average Bonchev–Trinajstić information content (AvgIpc) is 2.65. The van der Waals surface area contributed by atoms with E-state index in [1.165, 1.54) is 0 Å². The number of nitrogen functional groups attached to an aromatic ring is 1. The molecule has 0 aliphatic heterocycles. The molecule has 0 aliphatic rings. The van der Waals surface area contributed by atoms with Crippen LogP contribution >= 0.6 is 0 Å². The highest BCUT2D eigenvalue weighted by molar-refractivity contribution is 5.50. The largest absolute Gasteiger partial charge is 0.481 e. The van der Waals surface area contributed by atoms with Crippen LogP contribution in [-0.2, 0) is 0 Å². The Kier molecular flexibility index (Phi) is 2.36. The lowest BCUT2D eigenvalue weighted by Crippen LogP contribution is -1.92. The van der Waals surface area contributed by atoms with E-state index in [0.717, 1.165) is 0 Å². The molecular formula is C8H9N5O2. The number of anilines is 3. The normalized spacial score (nSPS) is 9.93. The van der Waals surface area contributed by atoms with Crippen LogP contribution in [0.25, 0.3) is 0 Å². The second-order valence-electron chi connectivity index (χ2n) is 2.66. The molecule has 0 bridgehead atoms. The van der Waals surface area contributed by atoms with Crippen LogP contribution in [0.5, 0.6) is 5.88 Å². The quantitative estimate of drug-likeness (QED) is 0.767. The van der Waals surface area contributed by atoms with Gasteiger partial charge in [-0.1, -0.05) is 10.2 Å². The van der Waals surface area contributed by atoms with Crippen LogP contribution in [0, 0.1) is 0 Å². The molecule has 0 spiro atoms. The fourth-order valence-electron chi connectivity index (χ4n) is 0.984. The second kappa shape index (κ2) is 3.82. The number of nitrogens with one attached hydrogen (secondary N) is 1. The summed E-state index contributed by atoms with van der Waals surface area (Å²) in [6.45, 7) is 0. The van der Waals surface area contributed by atoms with Crippen molar-refractivity contribution in [3.05, 3.63) is 18.3 Å². The minimum atomic E-state index is 0.0129. The highest BCUT2D eigenvalue weighted by Crippen LogP contribution is 2.16. The van der Waals surface area contributed by atoms with Crippen molar-refractivity contribution in [2.75, 3.05) is 18.2 Å². The van der Waals surface area contributed by atoms with Gasteiger partial charge in [0.15, 0.2) is 0 Å². The van der Waals surface area contributed by atoms with Crippen LogP contribution in [0.2, 0.25) is 0 Å². The molecule has 0 radical (unpaired) electrons. The van der Waals surface area contributed by atoms with Crippen molar-refractivity contribution in [3.8, 4) is 5.88 Å². The lowest BCUT2D eigenvalue weighted by molar-refractivity contribution is 0.398. The third kappa shape index (κ3) is 2.13. The van der Waals surface area contributed by atoms with E-state index in [1.54, 1.807) is 25.4 Å². The molecule has 2 heterocycles. The van der Waals surface area contributed by atoms with Gasteiger partial charge in [0.2, 0.25) is 5.88 Å². The van der Waals surface area contributed by atoms with Crippen molar-refractivity contribution in [2.24, 2.45) is 0 Å². The first-order valence-corrected chi connectivity index (χ1v) is 4.14. The van der Waals surface area contributed by atoms with Crippen LogP contribution in [-0.4, -0.2) is 22.3 Å². The first-order valence-electron chi connectivity index (χ1n) is 4.14. The molecular weight excluding hydrogens is 198 g/mol. The number of ether oxygens (including phenoxy) is 1. The van der Waals surface area contributed by atoms with Crippen molar-refractivity contribution in [3.63, 3.8) is 0 Å². The van der Waals surface area contributed by atoms with Crippen LogP contribution in [0.1, 0.15) is 0 Å². The molecule has 3 N–H and O–H groups in total. The first kappa shape index (κ1) is 9.25. The molecule has 0 aliphatic carbocycles. The van der Waals surface area contributed by atoms with Crippen molar-refractivity contribution >= 4 is 17.7 Å². The third-order valence-electron chi connectivity index (χ3n) is 1.64. The highest BCUT2D eigenvalue weighted by atomic mass is 16.5. The van der Waals surface area contributed by atoms with Crippen LogP contribution < -0.4 is 15.8 Å². The molecule has 2 aromatic rings. The maximum Gasteiger partial charge on any atom is 0.321 e. The van der Waals surface area contributed by atoms with Crippen LogP contribution in [0.15, 0.2) is 22.7 Å². The Morgan fingerprint density at radius 3 is 2.80 bits per heavy atom. The van der Waals surface area contributed by atoms with Gasteiger partial charge < -0.3 is 20.2 Å². The summed E-state index contributed by atoms with van der Waals surface area (Å²) in [5.74, 6) is 0.533. The van der Waals surface area contributed by atoms with Gasteiger partial charge in [0.05, 0.1) is 19.0 Å². The maximum absolute atomic E-state index is 5.26. The molecule has 0 unspecified atom stereocenters. The number of rotatable bonds is 3. The maximum atomic E-state index is 5.26. The molecule has 0 amide bonds. The SMILES string of the molecule is COc1ccc(Nc2nnc(N)o2)cn1. The number of aromatic nitrogens is 3. The van der Waals surface area contributed by atoms with E-state index in [2.05, 4.69) is 20.5 Å². The van der Waals surface area contributed by atoms with E-state index in [9.17, 15) is 0 Å². The zero-order chi connectivity index (χ0) is 10.7. The molecule has 15 heavy (non-hydrogen) atoms. The molecule has 7 heteroatoms. The van der Waals surface area contributed by atoms with Gasteiger partial charge in [-0.15, -0.1) is 0 Å². The number of pyridine rings is 1. The minimum Gasteiger partial charge on any atom is -0.481 e. The number of hydrogen-bond acceptors (Lipinski definition) is 7. The Morgan fingerprint density at radius 1 is 1.40 bits per heavy atom. The van der Waals surface area contributed by atoms with Crippen molar-refractivity contribution < 1.29 is 9.15 Å². The monoisotopic (exact) mass is 207 g/mol. The number of nitrogens with zero attached hydrogens (tertiary/aromatic N) is 3. The van der Waals surface area contributed by atoms with E-state index in [4.69, 9.17) is 14.9 Å². The van der Waals surface area contributed by atoms with E-state index in [0.29, 0.717) is 11.6 Å². The van der Waals surface area contributed by atoms with Crippen molar-refractivity contribution in [1.82, 2.24) is 15.2 Å². The topological polar surface area (TPSA) is 99.1 Å². The second-order valence-corrected chi connectivity index (χ2v) is 2.66. The molecule has 7 nitrogen and oxygen atoms in total. The molecule has 2 rings (SSSR count). The third-order valence-corrected chi connectivity index (χ3v) is 1.64. The summed E-state index contributed by atoms with van der Waals surface area (Å²) < 4.78 is 9.84. The molecule has 78 valence electrons. The molecule has 2 aromatic heterocycles. The van der Waals surface area contributed by atoms with Crippen molar-refractivity contribution in [2.45, 2.75) is 0 Å². The van der Waals surface area contributed by atoms with E-state index >= 15 is 0 Å². The summed E-state index contributed by atoms with van der Waals surface area (Å²) >= 11 is 0. The summed E-state index contributed by atoms with van der Waals surface area (Å²) in [6, 6.07) is 3.72. The Balaban J connectivity index is 2.11. The fraction of sp³-hybridized carbons (Fsp3) is 0.125. The summed E-state index contributed by atoms with van der Waals surface area (Å²) in [5.41, 5.74) is 5.97. The van der Waals surface area contributed by atoms with Gasteiger partial charge in [-0.2, -0.15) is 0 Å². The van der Waals surface area contributed by atoms with Gasteiger partial charge in [-0.05, 0) is 6.07 Å². The lowest BCUT2D eigenvalue weighted by atomic mass is 10.4. The predicted octanol–water partition coefficient (Wildman–Crippen LogP) is 0.799. The number of methoxy groups -OCH3 is 1. The van der Waals surface area contributed by atoms with Gasteiger partial charge >= 0.3 is 12.0 Å². The summed E-state index contributed by atoms with van der Waals surface area (Å²) in [4.78, 5) is 3.99. The minimum absolute atomic E-state index is 0.0129.